The second kappa shape index (κ2) is 36.6. The maximum Gasteiger partial charge on any atom is 0.492 e. The highest BCUT2D eigenvalue weighted by Gasteiger charge is 2.19. The van der Waals surface area contributed by atoms with Crippen LogP contribution in [0.1, 0.15) is 0 Å². The van der Waals surface area contributed by atoms with E-state index in [9.17, 15) is 10.0 Å². The van der Waals surface area contributed by atoms with Crippen LogP contribution in [-0.4, -0.2) is 27.0 Å². The molecule has 0 bridgehead atoms. The van der Waals surface area contributed by atoms with Gasteiger partial charge in [-0.3, -0.25) is 0 Å². The van der Waals surface area contributed by atoms with E-state index in [1.807, 2.05) is 143 Å². The summed E-state index contributed by atoms with van der Waals surface area (Å²) in [4.78, 5) is 3.94. The van der Waals surface area contributed by atoms with Crippen molar-refractivity contribution in [3.8, 4) is 22.3 Å². The fourth-order valence-corrected chi connectivity index (χ4v) is 14.7. The number of nitrogens with two attached hydrogens (primary N) is 2. The van der Waals surface area contributed by atoms with Crippen LogP contribution in [0, 0.1) is 0 Å². The van der Waals surface area contributed by atoms with Crippen LogP contribution >= 0.6 is 109 Å². The van der Waals surface area contributed by atoms with E-state index in [4.69, 9.17) is 24.7 Å². The molecule has 20 aromatic rings. The van der Waals surface area contributed by atoms with Gasteiger partial charge >= 0.3 is 7.12 Å². The molecule has 15 heteroatoms. The van der Waals surface area contributed by atoms with Crippen molar-refractivity contribution >= 4 is 264 Å². The Morgan fingerprint density at radius 1 is 0.294 bits per heavy atom. The van der Waals surface area contributed by atoms with Gasteiger partial charge in [-0.25, -0.2) is 0 Å². The number of halogens is 6. The first-order chi connectivity index (χ1) is 53.3. The van der Waals surface area contributed by atoms with Crippen LogP contribution in [0.5, 0.6) is 0 Å². The van der Waals surface area contributed by atoms with Crippen LogP contribution in [0.4, 0.5) is 22.7 Å². The third-order valence-electron chi connectivity index (χ3n) is 18.3. The van der Waals surface area contributed by atoms with Crippen LogP contribution < -0.4 is 22.2 Å². The quantitative estimate of drug-likeness (QED) is 0.0496. The zero-order valence-corrected chi connectivity index (χ0v) is 69.7. The van der Waals surface area contributed by atoms with E-state index in [1.165, 1.54) is 48.5 Å². The Labute approximate surface area is 692 Å². The first-order valence-corrected chi connectivity index (χ1v) is 42.2. The molecule has 0 aliphatic carbocycles. The topological polar surface area (TPSA) is 144 Å². The number of furan rings is 3. The fraction of sp³-hybridized carbons (Fsp3) is 0.0213. The van der Waals surface area contributed by atoms with E-state index >= 15 is 0 Å². The standard InChI is InChI=1S/C32H21NO.C22H15NO.C12H9BO3.C10H8BrN.C10H7Br.C6H4Br2.2CH3I/c1-2-9-26-21(7-1)8-5-13-30(26)33-25-18-17-22-19-24(16-15-23(22)20-25)27-11-6-12-29-28-10-3-4-14-31(28)34-32(27)29;23-17-11-10-14-12-16(9-8-15(14)13-17)18-5-3-6-20-19-4-1-2-7-21(19)24-22(18)20;14-13(15)10-6-3-5-9-8-4-1-2-7-11(8)16-12(9)10;11-9-3-1-8-6-10(12)4-2-7(8)5-9;11-10-7-3-5-8-4-1-2-6-9(8)10;7-5-3-1-2-4-6(5)8;2*1-2/h1-20,33H;1-13H,23H2;1-7,14-15H;1-6H,12H2;1-7H;1-4H;2*1H3. The van der Waals surface area contributed by atoms with Gasteiger partial charge in [0.15, 0.2) is 0 Å². The molecule has 0 saturated heterocycles. The summed E-state index contributed by atoms with van der Waals surface area (Å²) in [6.07, 6.45) is 0. The molecule has 0 saturated carbocycles. The minimum atomic E-state index is -1.51. The Morgan fingerprint density at radius 3 is 1.17 bits per heavy atom. The number of para-hydroxylation sites is 6. The van der Waals surface area contributed by atoms with Crippen molar-refractivity contribution < 1.29 is 23.3 Å². The average molecular weight is 1910 g/mol. The van der Waals surface area contributed by atoms with Crippen molar-refractivity contribution in [2.75, 3.05) is 26.6 Å². The van der Waals surface area contributed by atoms with Crippen molar-refractivity contribution in [2.45, 2.75) is 0 Å². The SMILES string of the molecule is Brc1cccc2ccccc12.Brc1ccccc1Br.CI.CI.Nc1ccc2cc(-c3cccc4c3oc3ccccc34)ccc2c1.Nc1ccc2cc(Br)ccc2c1.OB(O)c1cccc2c1oc1ccccc12.c1ccc2c(Nc3ccc4cc(-c5cccc6c5oc5ccccc56)ccc4c3)cccc2c1. The molecule has 0 aliphatic rings. The number of rotatable bonds is 5. The molecule has 0 aliphatic heterocycles. The minimum absolute atomic E-state index is 0.397. The lowest BCUT2D eigenvalue weighted by Gasteiger charge is -2.11. The molecule has 8 nitrogen and oxygen atoms in total. The predicted octanol–water partition coefficient (Wildman–Crippen LogP) is 28.7. The van der Waals surface area contributed by atoms with Gasteiger partial charge < -0.3 is 40.1 Å². The number of anilines is 4. The molecule has 20 rings (SSSR count). The van der Waals surface area contributed by atoms with Gasteiger partial charge in [0.2, 0.25) is 0 Å². The lowest BCUT2D eigenvalue weighted by atomic mass is 9.79. The number of fused-ring (bicyclic) bond motifs is 14. The maximum absolute atomic E-state index is 9.24. The number of benzene rings is 17. The zero-order chi connectivity index (χ0) is 75.9. The summed E-state index contributed by atoms with van der Waals surface area (Å²) in [7, 11) is -1.51. The first kappa shape index (κ1) is 77.4. The van der Waals surface area contributed by atoms with Gasteiger partial charge in [-0.05, 0) is 204 Å². The number of nitrogen functional groups attached to an aromatic ring is 2. The highest BCUT2D eigenvalue weighted by atomic mass is 127. The monoisotopic (exact) mass is 1900 g/mol. The zero-order valence-electron chi connectivity index (χ0n) is 59.0. The molecule has 0 radical (unpaired) electrons. The van der Waals surface area contributed by atoms with Gasteiger partial charge in [0.05, 0.1) is 0 Å². The number of hydrogen-bond donors (Lipinski definition) is 5. The van der Waals surface area contributed by atoms with Crippen molar-refractivity contribution in [3.63, 3.8) is 0 Å². The van der Waals surface area contributed by atoms with E-state index in [2.05, 4.69) is 314 Å². The molecule has 0 spiro atoms. The lowest BCUT2D eigenvalue weighted by Crippen LogP contribution is -2.29. The number of hydrogen-bond acceptors (Lipinski definition) is 8. The molecular weight excluding hydrogens is 1840 g/mol. The smallest absolute Gasteiger partial charge is 0.456 e. The molecule has 0 amide bonds. The largest absolute Gasteiger partial charge is 0.492 e. The highest BCUT2D eigenvalue weighted by molar-refractivity contribution is 14.1. The van der Waals surface area contributed by atoms with Crippen LogP contribution in [0.2, 0.25) is 0 Å². The summed E-state index contributed by atoms with van der Waals surface area (Å²) < 4.78 is 22.5. The molecule has 0 atom stereocenters. The third kappa shape index (κ3) is 18.1. The van der Waals surface area contributed by atoms with Gasteiger partial charge in [0.1, 0.15) is 33.5 Å². The molecule has 3 heterocycles. The molecule has 0 fully saturated rings. The third-order valence-corrected chi connectivity index (χ3v) is 21.4. The van der Waals surface area contributed by atoms with Crippen LogP contribution in [0.15, 0.2) is 377 Å². The Morgan fingerprint density at radius 2 is 0.651 bits per heavy atom. The van der Waals surface area contributed by atoms with Crippen LogP contribution in [0.25, 0.3) is 142 Å². The summed E-state index contributed by atoms with van der Waals surface area (Å²) in [5.74, 6) is 0. The van der Waals surface area contributed by atoms with E-state index in [-0.39, 0.29) is 0 Å². The van der Waals surface area contributed by atoms with Gasteiger partial charge in [0.25, 0.3) is 0 Å². The minimum Gasteiger partial charge on any atom is -0.456 e. The van der Waals surface area contributed by atoms with Gasteiger partial charge in [0, 0.05) is 94.9 Å². The second-order valence-electron chi connectivity index (χ2n) is 25.1. The maximum atomic E-state index is 9.24. The molecular formula is C94H70BBr4I2N3O5. The molecule has 109 heavy (non-hydrogen) atoms. The predicted molar refractivity (Wildman–Crippen MR) is 498 cm³/mol. The van der Waals surface area contributed by atoms with E-state index < -0.39 is 7.12 Å². The molecule has 536 valence electrons. The molecule has 3 aromatic heterocycles. The number of nitrogens with one attached hydrogen (secondary N) is 1. The highest BCUT2D eigenvalue weighted by Crippen LogP contribution is 2.40. The summed E-state index contributed by atoms with van der Waals surface area (Å²) in [5, 5.41) is 40.7. The van der Waals surface area contributed by atoms with Gasteiger partial charge in [-0.1, -0.05) is 320 Å². The first-order valence-electron chi connectivity index (χ1n) is 34.7. The van der Waals surface area contributed by atoms with E-state index in [0.717, 1.165) is 129 Å². The summed E-state index contributed by atoms with van der Waals surface area (Å²) in [5.41, 5.74) is 25.3. The summed E-state index contributed by atoms with van der Waals surface area (Å²) >= 11 is 17.9. The number of alkyl halides is 2. The Balaban J connectivity index is 0.000000122. The van der Waals surface area contributed by atoms with E-state index in [0.29, 0.717) is 11.0 Å². The fourth-order valence-electron chi connectivity index (χ4n) is 13.2. The van der Waals surface area contributed by atoms with Crippen molar-refractivity contribution in [1.29, 1.82) is 0 Å². The average Bonchev–Trinajstić information content (AvgIpc) is 1.71. The van der Waals surface area contributed by atoms with Crippen LogP contribution in [0.3, 0.4) is 0 Å². The molecule has 0 unspecified atom stereocenters. The van der Waals surface area contributed by atoms with Crippen LogP contribution in [-0.2, 0) is 0 Å². The van der Waals surface area contributed by atoms with Gasteiger partial charge in [-0.2, -0.15) is 0 Å². The van der Waals surface area contributed by atoms with Crippen molar-refractivity contribution in [1.82, 2.24) is 0 Å². The van der Waals surface area contributed by atoms with Crippen molar-refractivity contribution in [2.24, 2.45) is 0 Å². The Bertz CT molecular complexity index is 6510. The molecule has 17 aromatic carbocycles. The summed E-state index contributed by atoms with van der Waals surface area (Å²) in [6, 6.07) is 117. The Kier molecular flexibility index (Phi) is 26.0. The molecule has 7 N–H and O–H groups in total. The Hall–Kier alpha value is -9.80. The van der Waals surface area contributed by atoms with Gasteiger partial charge in [-0.15, -0.1) is 0 Å². The van der Waals surface area contributed by atoms with Crippen molar-refractivity contribution in [3.05, 3.63) is 364 Å². The second-order valence-corrected chi connectivity index (χ2v) is 28.6. The lowest BCUT2D eigenvalue weighted by molar-refractivity contribution is 0.425. The normalized spacial score (nSPS) is 10.7. The summed E-state index contributed by atoms with van der Waals surface area (Å²) in [6.45, 7) is 0. The van der Waals surface area contributed by atoms with E-state index in [1.54, 1.807) is 12.1 Å².